The van der Waals surface area contributed by atoms with Gasteiger partial charge in [0.25, 0.3) is 10.0 Å². The summed E-state index contributed by atoms with van der Waals surface area (Å²) in [6.07, 6.45) is 0. The Bertz CT molecular complexity index is 1080. The highest BCUT2D eigenvalue weighted by Gasteiger charge is 2.19. The van der Waals surface area contributed by atoms with Crippen LogP contribution in [0.15, 0.2) is 46.7 Å². The van der Waals surface area contributed by atoms with Gasteiger partial charge in [0, 0.05) is 10.9 Å². The van der Waals surface area contributed by atoms with Gasteiger partial charge in [-0.25, -0.2) is 13.4 Å². The van der Waals surface area contributed by atoms with Crippen LogP contribution in [0.4, 0.5) is 5.13 Å². The Morgan fingerprint density at radius 3 is 2.48 bits per heavy atom. The third-order valence-electron chi connectivity index (χ3n) is 4.03. The van der Waals surface area contributed by atoms with E-state index in [1.54, 1.807) is 56.9 Å². The molecule has 1 N–H and O–H groups in total. The zero-order valence-corrected chi connectivity index (χ0v) is 17.1. The average molecular weight is 405 g/mol. The molecule has 142 valence electrons. The van der Waals surface area contributed by atoms with E-state index in [9.17, 15) is 8.42 Å². The molecule has 0 aliphatic heterocycles. The summed E-state index contributed by atoms with van der Waals surface area (Å²) >= 11 is 1.21. The molecule has 0 radical (unpaired) electrons. The molecule has 1 heterocycles. The first-order valence-electron chi connectivity index (χ1n) is 8.12. The Labute approximate surface area is 162 Å². The molecule has 1 aromatic heterocycles. The summed E-state index contributed by atoms with van der Waals surface area (Å²) in [5.41, 5.74) is 3.03. The largest absolute Gasteiger partial charge is 0.497 e. The maximum atomic E-state index is 12.7. The monoisotopic (exact) mass is 404 g/mol. The lowest BCUT2D eigenvalue weighted by Gasteiger charge is -2.09. The van der Waals surface area contributed by atoms with Gasteiger partial charge in [-0.3, -0.25) is 4.72 Å². The fraction of sp³-hybridized carbons (Fsp3) is 0.211. The molecule has 8 heteroatoms. The Hall–Kier alpha value is -2.58. The Balaban J connectivity index is 1.93. The maximum absolute atomic E-state index is 12.7. The van der Waals surface area contributed by atoms with Gasteiger partial charge in [0.15, 0.2) is 5.13 Å². The summed E-state index contributed by atoms with van der Waals surface area (Å²) in [7, 11) is -0.566. The van der Waals surface area contributed by atoms with Crippen LogP contribution in [0.25, 0.3) is 11.3 Å². The number of hydrogen-bond donors (Lipinski definition) is 1. The topological polar surface area (TPSA) is 77.5 Å². The van der Waals surface area contributed by atoms with Crippen LogP contribution in [0.5, 0.6) is 11.5 Å². The fourth-order valence-corrected chi connectivity index (χ4v) is 4.92. The van der Waals surface area contributed by atoms with E-state index in [2.05, 4.69) is 9.71 Å². The maximum Gasteiger partial charge on any atom is 0.263 e. The second-order valence-electron chi connectivity index (χ2n) is 5.98. The van der Waals surface area contributed by atoms with Crippen LogP contribution in [0.3, 0.4) is 0 Å². The SMILES string of the molecule is COc1ccc(OC)c(-c2csc(NS(=O)(=O)c3ccc(C)cc3C)n2)c1. The molecule has 2 aromatic carbocycles. The molecule has 0 amide bonds. The van der Waals surface area contributed by atoms with Crippen molar-refractivity contribution < 1.29 is 17.9 Å². The molecule has 0 aliphatic rings. The van der Waals surface area contributed by atoms with Gasteiger partial charge in [0.05, 0.1) is 24.8 Å². The number of nitrogens with zero attached hydrogens (tertiary/aromatic N) is 1. The van der Waals surface area contributed by atoms with Crippen LogP contribution < -0.4 is 14.2 Å². The number of methoxy groups -OCH3 is 2. The molecule has 0 saturated heterocycles. The van der Waals surface area contributed by atoms with Crippen molar-refractivity contribution in [2.45, 2.75) is 18.7 Å². The minimum absolute atomic E-state index is 0.240. The number of nitrogens with one attached hydrogen (secondary N) is 1. The molecular weight excluding hydrogens is 384 g/mol. The van der Waals surface area contributed by atoms with Crippen LogP contribution in [0, 0.1) is 13.8 Å². The van der Waals surface area contributed by atoms with E-state index in [4.69, 9.17) is 9.47 Å². The van der Waals surface area contributed by atoms with E-state index in [1.165, 1.54) is 11.3 Å². The minimum atomic E-state index is -3.72. The second-order valence-corrected chi connectivity index (χ2v) is 8.49. The van der Waals surface area contributed by atoms with Crippen LogP contribution >= 0.6 is 11.3 Å². The Kier molecular flexibility index (Phi) is 5.38. The first-order valence-corrected chi connectivity index (χ1v) is 10.5. The number of hydrogen-bond acceptors (Lipinski definition) is 6. The van der Waals surface area contributed by atoms with Gasteiger partial charge < -0.3 is 9.47 Å². The third kappa shape index (κ3) is 4.06. The van der Waals surface area contributed by atoms with E-state index in [1.807, 2.05) is 13.0 Å². The molecule has 6 nitrogen and oxygen atoms in total. The van der Waals surface area contributed by atoms with Crippen molar-refractivity contribution in [3.63, 3.8) is 0 Å². The van der Waals surface area contributed by atoms with Crippen molar-refractivity contribution in [3.05, 3.63) is 52.9 Å². The van der Waals surface area contributed by atoms with Gasteiger partial charge >= 0.3 is 0 Å². The highest BCUT2D eigenvalue weighted by atomic mass is 32.2. The van der Waals surface area contributed by atoms with Gasteiger partial charge in [-0.05, 0) is 43.7 Å². The summed E-state index contributed by atoms with van der Waals surface area (Å²) in [5, 5.41) is 2.06. The number of rotatable bonds is 6. The molecule has 0 fully saturated rings. The number of thiazole rings is 1. The van der Waals surface area contributed by atoms with Crippen LogP contribution in [0.2, 0.25) is 0 Å². The molecule has 0 spiro atoms. The van der Waals surface area contributed by atoms with Crippen molar-refractivity contribution >= 4 is 26.5 Å². The Morgan fingerprint density at radius 1 is 1.04 bits per heavy atom. The summed E-state index contributed by atoms with van der Waals surface area (Å²) in [6, 6.07) is 10.6. The summed E-state index contributed by atoms with van der Waals surface area (Å²) in [6.45, 7) is 3.70. The lowest BCUT2D eigenvalue weighted by atomic mass is 10.1. The molecule has 3 rings (SSSR count). The van der Waals surface area contributed by atoms with E-state index in [0.29, 0.717) is 22.8 Å². The van der Waals surface area contributed by atoms with Crippen LogP contribution in [-0.2, 0) is 10.0 Å². The molecular formula is C19H20N2O4S2. The Morgan fingerprint density at radius 2 is 1.81 bits per heavy atom. The number of anilines is 1. The van der Waals surface area contributed by atoms with E-state index in [0.717, 1.165) is 11.1 Å². The summed E-state index contributed by atoms with van der Waals surface area (Å²) in [5.74, 6) is 1.29. The predicted molar refractivity (Wildman–Crippen MR) is 107 cm³/mol. The molecule has 0 saturated carbocycles. The molecule has 0 aliphatic carbocycles. The smallest absolute Gasteiger partial charge is 0.263 e. The zero-order chi connectivity index (χ0) is 19.6. The van der Waals surface area contributed by atoms with Gasteiger partial charge in [-0.1, -0.05) is 17.7 Å². The lowest BCUT2D eigenvalue weighted by Crippen LogP contribution is -2.14. The molecule has 27 heavy (non-hydrogen) atoms. The molecule has 3 aromatic rings. The van der Waals surface area contributed by atoms with Gasteiger partial charge in [0.2, 0.25) is 0 Å². The van der Waals surface area contributed by atoms with Gasteiger partial charge in [-0.15, -0.1) is 11.3 Å². The normalized spacial score (nSPS) is 11.3. The summed E-state index contributed by atoms with van der Waals surface area (Å²) in [4.78, 5) is 4.65. The third-order valence-corrected chi connectivity index (χ3v) is 6.41. The average Bonchev–Trinajstić information content (AvgIpc) is 3.08. The van der Waals surface area contributed by atoms with Crippen LogP contribution in [-0.4, -0.2) is 27.6 Å². The van der Waals surface area contributed by atoms with Crippen molar-refractivity contribution in [3.8, 4) is 22.8 Å². The number of ether oxygens (including phenoxy) is 2. The molecule has 0 atom stereocenters. The fourth-order valence-electron chi connectivity index (χ4n) is 2.73. The summed E-state index contributed by atoms with van der Waals surface area (Å²) < 4.78 is 38.6. The second kappa shape index (κ2) is 7.58. The highest BCUT2D eigenvalue weighted by molar-refractivity contribution is 7.93. The van der Waals surface area contributed by atoms with Crippen LogP contribution in [0.1, 0.15) is 11.1 Å². The van der Waals surface area contributed by atoms with E-state index >= 15 is 0 Å². The first-order chi connectivity index (χ1) is 12.8. The molecule has 0 bridgehead atoms. The highest BCUT2D eigenvalue weighted by Crippen LogP contribution is 2.35. The number of sulfonamides is 1. The van der Waals surface area contributed by atoms with Crippen molar-refractivity contribution in [1.29, 1.82) is 0 Å². The van der Waals surface area contributed by atoms with Crippen molar-refractivity contribution in [2.24, 2.45) is 0 Å². The lowest BCUT2D eigenvalue weighted by molar-refractivity contribution is 0.404. The zero-order valence-electron chi connectivity index (χ0n) is 15.4. The first kappa shape index (κ1) is 19.2. The minimum Gasteiger partial charge on any atom is -0.497 e. The quantitative estimate of drug-likeness (QED) is 0.665. The number of aryl methyl sites for hydroxylation is 2. The standard InChI is InChI=1S/C19H20N2O4S2/c1-12-5-8-18(13(2)9-12)27(22,23)21-19-20-16(11-26-19)15-10-14(24-3)6-7-17(15)25-4/h5-11H,1-4H3,(H,20,21). The van der Waals surface area contributed by atoms with E-state index in [-0.39, 0.29) is 10.0 Å². The van der Waals surface area contributed by atoms with Gasteiger partial charge in [-0.2, -0.15) is 0 Å². The number of aromatic nitrogens is 1. The number of benzene rings is 2. The van der Waals surface area contributed by atoms with Gasteiger partial charge in [0.1, 0.15) is 11.5 Å². The molecule has 0 unspecified atom stereocenters. The predicted octanol–water partition coefficient (Wildman–Crippen LogP) is 4.24. The van der Waals surface area contributed by atoms with Crippen molar-refractivity contribution in [2.75, 3.05) is 18.9 Å². The van der Waals surface area contributed by atoms with Crippen molar-refractivity contribution in [1.82, 2.24) is 4.98 Å². The van der Waals surface area contributed by atoms with E-state index < -0.39 is 10.0 Å².